The predicted molar refractivity (Wildman–Crippen MR) is 87.1 cm³/mol. The van der Waals surface area contributed by atoms with Gasteiger partial charge in [0, 0.05) is 12.6 Å². The van der Waals surface area contributed by atoms with Crippen LogP contribution in [0.2, 0.25) is 0 Å². The smallest absolute Gasteiger partial charge is 0.137 e. The summed E-state index contributed by atoms with van der Waals surface area (Å²) in [6.45, 7) is 11.4. The Labute approximate surface area is 129 Å². The third-order valence-corrected chi connectivity index (χ3v) is 4.58. The Morgan fingerprint density at radius 3 is 2.57 bits per heavy atom. The minimum absolute atomic E-state index is 0.101. The molecule has 0 aliphatic carbocycles. The molecule has 1 heterocycles. The topological polar surface area (TPSA) is 30.5 Å². The van der Waals surface area contributed by atoms with Crippen LogP contribution in [0.4, 0.5) is 0 Å². The van der Waals surface area contributed by atoms with Crippen LogP contribution in [0.5, 0.6) is 5.75 Å². The molecule has 1 aromatic carbocycles. The first-order valence-electron chi connectivity index (χ1n) is 8.15. The van der Waals surface area contributed by atoms with Gasteiger partial charge < -0.3 is 14.8 Å². The molecule has 0 aromatic heterocycles. The molecule has 118 valence electrons. The number of likely N-dealkylation sites (N-methyl/N-ethyl adjacent to an activating group) is 1. The van der Waals surface area contributed by atoms with Gasteiger partial charge in [-0.2, -0.15) is 0 Å². The molecule has 21 heavy (non-hydrogen) atoms. The molecule has 1 fully saturated rings. The van der Waals surface area contributed by atoms with Crippen LogP contribution in [-0.4, -0.2) is 31.9 Å². The summed E-state index contributed by atoms with van der Waals surface area (Å²) in [6, 6.07) is 8.93. The quantitative estimate of drug-likeness (QED) is 0.870. The summed E-state index contributed by atoms with van der Waals surface area (Å²) in [5, 5.41) is 3.49. The van der Waals surface area contributed by atoms with Gasteiger partial charge in [0.1, 0.15) is 11.9 Å². The third-order valence-electron chi connectivity index (χ3n) is 4.58. The standard InChI is InChI=1S/C18H29NO2/c1-5-18(3,4)14-7-9-15(10-8-14)21-17-13-20-12-11-16(17)19-6-2/h7-10,16-17,19H,5-6,11-13H2,1-4H3. The van der Waals surface area contributed by atoms with Gasteiger partial charge in [-0.1, -0.05) is 39.8 Å². The van der Waals surface area contributed by atoms with E-state index in [1.165, 1.54) is 5.56 Å². The molecule has 1 N–H and O–H groups in total. The molecule has 0 radical (unpaired) electrons. The Hall–Kier alpha value is -1.06. The summed E-state index contributed by atoms with van der Waals surface area (Å²) < 4.78 is 11.7. The van der Waals surface area contributed by atoms with Crippen molar-refractivity contribution in [2.24, 2.45) is 0 Å². The Bertz CT molecular complexity index is 425. The number of hydrogen-bond donors (Lipinski definition) is 1. The van der Waals surface area contributed by atoms with Gasteiger partial charge in [-0.15, -0.1) is 0 Å². The summed E-state index contributed by atoms with van der Waals surface area (Å²) in [6.07, 6.45) is 2.25. The number of rotatable bonds is 6. The van der Waals surface area contributed by atoms with E-state index in [1.54, 1.807) is 0 Å². The molecule has 1 aliphatic heterocycles. The van der Waals surface area contributed by atoms with E-state index >= 15 is 0 Å². The zero-order chi connectivity index (χ0) is 15.3. The number of hydrogen-bond acceptors (Lipinski definition) is 3. The van der Waals surface area contributed by atoms with E-state index in [1.807, 2.05) is 0 Å². The fourth-order valence-corrected chi connectivity index (χ4v) is 2.69. The maximum Gasteiger partial charge on any atom is 0.137 e. The number of ether oxygens (including phenoxy) is 2. The van der Waals surface area contributed by atoms with Gasteiger partial charge >= 0.3 is 0 Å². The van der Waals surface area contributed by atoms with Crippen molar-refractivity contribution in [1.82, 2.24) is 5.32 Å². The van der Waals surface area contributed by atoms with Crippen molar-refractivity contribution in [2.75, 3.05) is 19.8 Å². The second kappa shape index (κ2) is 7.28. The summed E-state index contributed by atoms with van der Waals surface area (Å²) >= 11 is 0. The largest absolute Gasteiger partial charge is 0.486 e. The van der Waals surface area contributed by atoms with Gasteiger partial charge in [-0.25, -0.2) is 0 Å². The minimum Gasteiger partial charge on any atom is -0.486 e. The molecular weight excluding hydrogens is 262 g/mol. The Balaban J connectivity index is 2.02. The molecule has 0 amide bonds. The summed E-state index contributed by atoms with van der Waals surface area (Å²) in [5.74, 6) is 0.934. The highest BCUT2D eigenvalue weighted by Crippen LogP contribution is 2.28. The second-order valence-corrected chi connectivity index (χ2v) is 6.45. The van der Waals surface area contributed by atoms with Crippen LogP contribution >= 0.6 is 0 Å². The fourth-order valence-electron chi connectivity index (χ4n) is 2.69. The number of benzene rings is 1. The van der Waals surface area contributed by atoms with Crippen molar-refractivity contribution in [3.63, 3.8) is 0 Å². The first kappa shape index (κ1) is 16.3. The fraction of sp³-hybridized carbons (Fsp3) is 0.667. The monoisotopic (exact) mass is 291 g/mol. The lowest BCUT2D eigenvalue weighted by Crippen LogP contribution is -2.49. The highest BCUT2D eigenvalue weighted by atomic mass is 16.5. The van der Waals surface area contributed by atoms with Gasteiger partial charge in [0.15, 0.2) is 0 Å². The van der Waals surface area contributed by atoms with E-state index in [2.05, 4.69) is 57.3 Å². The second-order valence-electron chi connectivity index (χ2n) is 6.45. The first-order chi connectivity index (χ1) is 10.1. The SMILES string of the molecule is CCNC1CCOCC1Oc1ccc(C(C)(C)CC)cc1. The van der Waals surface area contributed by atoms with Crippen LogP contribution in [-0.2, 0) is 10.2 Å². The van der Waals surface area contributed by atoms with E-state index < -0.39 is 0 Å². The lowest BCUT2D eigenvalue weighted by atomic mass is 9.82. The molecule has 1 saturated heterocycles. The van der Waals surface area contributed by atoms with E-state index in [-0.39, 0.29) is 11.5 Å². The molecule has 2 unspecified atom stereocenters. The zero-order valence-corrected chi connectivity index (χ0v) is 13.8. The van der Waals surface area contributed by atoms with Gasteiger partial charge in [0.25, 0.3) is 0 Å². The van der Waals surface area contributed by atoms with Crippen molar-refractivity contribution >= 4 is 0 Å². The minimum atomic E-state index is 0.101. The molecule has 2 atom stereocenters. The molecule has 3 nitrogen and oxygen atoms in total. The van der Waals surface area contributed by atoms with Crippen molar-refractivity contribution in [3.8, 4) is 5.75 Å². The molecule has 3 heteroatoms. The average Bonchev–Trinajstić information content (AvgIpc) is 2.50. The lowest BCUT2D eigenvalue weighted by Gasteiger charge is -2.32. The lowest BCUT2D eigenvalue weighted by molar-refractivity contribution is -0.0143. The Morgan fingerprint density at radius 1 is 1.24 bits per heavy atom. The molecule has 1 aromatic rings. The molecule has 0 saturated carbocycles. The third kappa shape index (κ3) is 4.21. The Kier molecular flexibility index (Phi) is 5.65. The van der Waals surface area contributed by atoms with Gasteiger partial charge in [-0.3, -0.25) is 0 Å². The van der Waals surface area contributed by atoms with Crippen LogP contribution in [0, 0.1) is 0 Å². The van der Waals surface area contributed by atoms with Crippen LogP contribution in [0.1, 0.15) is 46.1 Å². The summed E-state index contributed by atoms with van der Waals surface area (Å²) in [4.78, 5) is 0. The van der Waals surface area contributed by atoms with Crippen molar-refractivity contribution in [3.05, 3.63) is 29.8 Å². The first-order valence-corrected chi connectivity index (χ1v) is 8.15. The van der Waals surface area contributed by atoms with Crippen LogP contribution < -0.4 is 10.1 Å². The molecule has 0 bridgehead atoms. The normalized spacial score (nSPS) is 23.0. The molecule has 0 spiro atoms. The van der Waals surface area contributed by atoms with E-state index in [4.69, 9.17) is 9.47 Å². The molecule has 2 rings (SSSR count). The highest BCUT2D eigenvalue weighted by Gasteiger charge is 2.27. The highest BCUT2D eigenvalue weighted by molar-refractivity contribution is 5.31. The van der Waals surface area contributed by atoms with Crippen LogP contribution in [0.3, 0.4) is 0 Å². The molecular formula is C18H29NO2. The van der Waals surface area contributed by atoms with E-state index in [0.717, 1.165) is 31.7 Å². The molecule has 1 aliphatic rings. The Morgan fingerprint density at radius 2 is 1.95 bits per heavy atom. The van der Waals surface area contributed by atoms with Gasteiger partial charge in [-0.05, 0) is 42.5 Å². The van der Waals surface area contributed by atoms with Crippen molar-refractivity contribution in [2.45, 2.75) is 58.1 Å². The van der Waals surface area contributed by atoms with E-state index in [0.29, 0.717) is 12.6 Å². The zero-order valence-electron chi connectivity index (χ0n) is 13.8. The van der Waals surface area contributed by atoms with Crippen molar-refractivity contribution in [1.29, 1.82) is 0 Å². The van der Waals surface area contributed by atoms with Crippen LogP contribution in [0.25, 0.3) is 0 Å². The summed E-state index contributed by atoms with van der Waals surface area (Å²) in [5.41, 5.74) is 1.58. The van der Waals surface area contributed by atoms with Crippen molar-refractivity contribution < 1.29 is 9.47 Å². The van der Waals surface area contributed by atoms with Gasteiger partial charge in [0.05, 0.1) is 6.61 Å². The van der Waals surface area contributed by atoms with E-state index in [9.17, 15) is 0 Å². The number of nitrogens with one attached hydrogen (secondary N) is 1. The maximum absolute atomic E-state index is 6.13. The predicted octanol–water partition coefficient (Wildman–Crippen LogP) is 3.52. The van der Waals surface area contributed by atoms with Gasteiger partial charge in [0.2, 0.25) is 0 Å². The van der Waals surface area contributed by atoms with Crippen LogP contribution in [0.15, 0.2) is 24.3 Å². The average molecular weight is 291 g/mol. The summed E-state index contributed by atoms with van der Waals surface area (Å²) in [7, 11) is 0. The maximum atomic E-state index is 6.13.